The van der Waals surface area contributed by atoms with Crippen LogP contribution in [0, 0.1) is 11.8 Å². The summed E-state index contributed by atoms with van der Waals surface area (Å²) in [6.45, 7) is 4.69. The van der Waals surface area contributed by atoms with Crippen LogP contribution in [-0.4, -0.2) is 42.6 Å². The summed E-state index contributed by atoms with van der Waals surface area (Å²) in [5.41, 5.74) is 0. The molecule has 0 bridgehead atoms. The van der Waals surface area contributed by atoms with E-state index in [1.807, 2.05) is 18.1 Å². The highest BCUT2D eigenvalue weighted by Crippen LogP contribution is 2.39. The van der Waals surface area contributed by atoms with Crippen LogP contribution in [-0.2, 0) is 0 Å². The van der Waals surface area contributed by atoms with Crippen LogP contribution in [0.1, 0.15) is 0 Å². The van der Waals surface area contributed by atoms with E-state index in [1.165, 1.54) is 36.5 Å². The fourth-order valence-corrected chi connectivity index (χ4v) is 4.69. The molecule has 2 aliphatic heterocycles. The van der Waals surface area contributed by atoms with E-state index >= 15 is 0 Å². The van der Waals surface area contributed by atoms with Crippen molar-refractivity contribution in [3.05, 3.63) is 30.6 Å². The maximum Gasteiger partial charge on any atom is 0.146 e. The molecule has 3 heterocycles. The Bertz CT molecular complexity index is 646. The predicted molar refractivity (Wildman–Crippen MR) is 85.6 cm³/mol. The first kappa shape index (κ1) is 13.4. The van der Waals surface area contributed by atoms with E-state index in [9.17, 15) is 0 Å². The van der Waals surface area contributed by atoms with Crippen molar-refractivity contribution in [1.82, 2.24) is 14.6 Å². The number of rotatable bonds is 3. The van der Waals surface area contributed by atoms with Crippen LogP contribution in [0.25, 0.3) is 10.8 Å². The Hall–Kier alpha value is -1.30. The van der Waals surface area contributed by atoms with Crippen molar-refractivity contribution in [3.63, 3.8) is 0 Å². The number of fused-ring (bicyclic) bond motifs is 2. The molecule has 1 N–H and O–H groups in total. The lowest BCUT2D eigenvalue weighted by Crippen LogP contribution is -2.20. The van der Waals surface area contributed by atoms with Crippen LogP contribution in [0.15, 0.2) is 35.5 Å². The fraction of sp³-hybridized carbons (Fsp3) is 0.438. The molecule has 0 saturated carbocycles. The number of pyridine rings is 1. The average molecular weight is 301 g/mol. The van der Waals surface area contributed by atoms with E-state index < -0.39 is 0 Å². The van der Waals surface area contributed by atoms with Crippen molar-refractivity contribution >= 4 is 22.7 Å². The highest BCUT2D eigenvalue weighted by molar-refractivity contribution is 7.97. The highest BCUT2D eigenvalue weighted by Gasteiger charge is 2.36. The number of hydrogen-bond acceptors (Lipinski definition) is 5. The van der Waals surface area contributed by atoms with E-state index in [-0.39, 0.29) is 0 Å². The molecule has 4 nitrogen and oxygen atoms in total. The van der Waals surface area contributed by atoms with E-state index in [1.54, 1.807) is 13.3 Å². The molecule has 1 aromatic carbocycles. The molecule has 0 amide bonds. The van der Waals surface area contributed by atoms with Crippen molar-refractivity contribution < 1.29 is 4.74 Å². The summed E-state index contributed by atoms with van der Waals surface area (Å²) < 4.78 is 8.01. The van der Waals surface area contributed by atoms with Crippen molar-refractivity contribution in [3.8, 4) is 5.75 Å². The van der Waals surface area contributed by atoms with Gasteiger partial charge in [0.2, 0.25) is 0 Å². The maximum absolute atomic E-state index is 5.50. The lowest BCUT2D eigenvalue weighted by molar-refractivity contribution is 0.417. The molecular formula is C16H19N3OS. The van der Waals surface area contributed by atoms with Gasteiger partial charge in [0.1, 0.15) is 5.75 Å². The van der Waals surface area contributed by atoms with Crippen molar-refractivity contribution in [2.24, 2.45) is 11.8 Å². The van der Waals surface area contributed by atoms with Gasteiger partial charge in [-0.2, -0.15) is 0 Å². The van der Waals surface area contributed by atoms with Crippen LogP contribution in [0.3, 0.4) is 0 Å². The van der Waals surface area contributed by atoms with E-state index in [2.05, 4.69) is 32.8 Å². The van der Waals surface area contributed by atoms with Gasteiger partial charge in [-0.25, -0.2) is 4.31 Å². The second-order valence-electron chi connectivity index (χ2n) is 5.81. The quantitative estimate of drug-likeness (QED) is 0.881. The zero-order chi connectivity index (χ0) is 14.2. The summed E-state index contributed by atoms with van der Waals surface area (Å²) in [5, 5.41) is 5.81. The van der Waals surface area contributed by atoms with Gasteiger partial charge >= 0.3 is 0 Å². The molecule has 2 unspecified atom stereocenters. The maximum atomic E-state index is 5.50. The molecule has 2 fully saturated rings. The lowest BCUT2D eigenvalue weighted by atomic mass is 10.0. The number of benzene rings is 1. The number of methoxy groups -OCH3 is 1. The third-order valence-electron chi connectivity index (χ3n) is 4.51. The SMILES string of the molecule is COc1cncc2cccc(SN3CC4CNCC4C3)c12. The number of aromatic nitrogens is 1. The number of ether oxygens (including phenoxy) is 1. The summed E-state index contributed by atoms with van der Waals surface area (Å²) in [7, 11) is 1.71. The first-order chi connectivity index (χ1) is 10.3. The lowest BCUT2D eigenvalue weighted by Gasteiger charge is -2.17. The van der Waals surface area contributed by atoms with Crippen molar-refractivity contribution in [1.29, 1.82) is 0 Å². The summed E-state index contributed by atoms with van der Waals surface area (Å²) in [4.78, 5) is 5.51. The Kier molecular flexibility index (Phi) is 3.49. The standard InChI is InChI=1S/C16H19N3OS/c1-20-14-8-18-5-11-3-2-4-15(16(11)14)21-19-9-12-6-17-7-13(12)10-19/h2-5,8,12-13,17H,6-7,9-10H2,1H3. The topological polar surface area (TPSA) is 37.4 Å². The summed E-state index contributed by atoms with van der Waals surface area (Å²) in [6, 6.07) is 6.38. The van der Waals surface area contributed by atoms with Crippen LogP contribution in [0.5, 0.6) is 5.75 Å². The Labute approximate surface area is 129 Å². The zero-order valence-corrected chi connectivity index (χ0v) is 12.9. The molecule has 1 aromatic heterocycles. The van der Waals surface area contributed by atoms with Crippen LogP contribution < -0.4 is 10.1 Å². The van der Waals surface area contributed by atoms with E-state index in [0.29, 0.717) is 0 Å². The molecule has 2 atom stereocenters. The Balaban J connectivity index is 1.64. The van der Waals surface area contributed by atoms with Crippen molar-refractivity contribution in [2.45, 2.75) is 4.90 Å². The molecule has 4 rings (SSSR count). The number of nitrogens with zero attached hydrogens (tertiary/aromatic N) is 2. The van der Waals surface area contributed by atoms with Gasteiger partial charge < -0.3 is 10.1 Å². The monoisotopic (exact) mass is 301 g/mol. The van der Waals surface area contributed by atoms with Gasteiger partial charge in [0, 0.05) is 35.0 Å². The van der Waals surface area contributed by atoms with E-state index in [0.717, 1.165) is 23.0 Å². The third-order valence-corrected chi connectivity index (χ3v) is 5.61. The molecule has 0 spiro atoms. The Morgan fingerprint density at radius 2 is 2.05 bits per heavy atom. The molecular weight excluding hydrogens is 282 g/mol. The molecule has 0 aliphatic carbocycles. The average Bonchev–Trinajstić information content (AvgIpc) is 3.08. The largest absolute Gasteiger partial charge is 0.494 e. The molecule has 21 heavy (non-hydrogen) atoms. The highest BCUT2D eigenvalue weighted by atomic mass is 32.2. The Morgan fingerprint density at radius 1 is 1.24 bits per heavy atom. The first-order valence-corrected chi connectivity index (χ1v) is 8.17. The second-order valence-corrected chi connectivity index (χ2v) is 6.95. The minimum absolute atomic E-state index is 0.816. The van der Waals surface area contributed by atoms with Crippen LogP contribution in [0.2, 0.25) is 0 Å². The van der Waals surface area contributed by atoms with Gasteiger partial charge in [-0.15, -0.1) is 0 Å². The Morgan fingerprint density at radius 3 is 2.81 bits per heavy atom. The van der Waals surface area contributed by atoms with Gasteiger partial charge in [-0.05, 0) is 42.9 Å². The van der Waals surface area contributed by atoms with Crippen LogP contribution >= 0.6 is 11.9 Å². The molecule has 0 radical (unpaired) electrons. The predicted octanol–water partition coefficient (Wildman–Crippen LogP) is 2.40. The molecule has 5 heteroatoms. The molecule has 2 aliphatic rings. The third kappa shape index (κ3) is 2.39. The number of hydrogen-bond donors (Lipinski definition) is 1. The van der Waals surface area contributed by atoms with Gasteiger partial charge in [-0.3, -0.25) is 4.98 Å². The summed E-state index contributed by atoms with van der Waals surface area (Å²) in [5.74, 6) is 2.49. The minimum Gasteiger partial charge on any atom is -0.494 e. The molecule has 2 saturated heterocycles. The fourth-order valence-electron chi connectivity index (χ4n) is 3.43. The van der Waals surface area contributed by atoms with E-state index in [4.69, 9.17) is 4.74 Å². The zero-order valence-electron chi connectivity index (χ0n) is 12.1. The smallest absolute Gasteiger partial charge is 0.146 e. The van der Waals surface area contributed by atoms with Crippen molar-refractivity contribution in [2.75, 3.05) is 33.3 Å². The normalized spacial score (nSPS) is 25.4. The summed E-state index contributed by atoms with van der Waals surface area (Å²) >= 11 is 1.86. The van der Waals surface area contributed by atoms with Gasteiger partial charge in [0.05, 0.1) is 13.3 Å². The van der Waals surface area contributed by atoms with Crippen LogP contribution in [0.4, 0.5) is 0 Å². The first-order valence-electron chi connectivity index (χ1n) is 7.39. The van der Waals surface area contributed by atoms with Gasteiger partial charge in [0.25, 0.3) is 0 Å². The van der Waals surface area contributed by atoms with Gasteiger partial charge in [-0.1, -0.05) is 12.1 Å². The second kappa shape index (κ2) is 5.48. The minimum atomic E-state index is 0.816. The number of nitrogens with one attached hydrogen (secondary N) is 1. The molecule has 2 aromatic rings. The molecule has 110 valence electrons. The summed E-state index contributed by atoms with van der Waals surface area (Å²) in [6.07, 6.45) is 3.71. The van der Waals surface area contributed by atoms with Gasteiger partial charge in [0.15, 0.2) is 0 Å².